The Labute approximate surface area is 241 Å². The van der Waals surface area contributed by atoms with Gasteiger partial charge in [-0.1, -0.05) is 41.9 Å². The number of carbonyl (C=O) groups excluding carboxylic acids is 1. The molecule has 0 radical (unpaired) electrons. The molecule has 0 unspecified atom stereocenters. The normalized spacial score (nSPS) is 14.7. The van der Waals surface area contributed by atoms with Crippen molar-refractivity contribution in [3.63, 3.8) is 0 Å². The number of halogens is 2. The van der Waals surface area contributed by atoms with Crippen molar-refractivity contribution in [2.24, 2.45) is 7.05 Å². The third kappa shape index (κ3) is 4.66. The van der Waals surface area contributed by atoms with Crippen molar-refractivity contribution in [2.75, 3.05) is 5.32 Å². The molecular weight excluding hydrogens is 573 g/mol. The highest BCUT2D eigenvalue weighted by atomic mass is 35.5. The van der Waals surface area contributed by atoms with Crippen LogP contribution in [0.25, 0.3) is 30.3 Å². The molecule has 1 aliphatic carbocycles. The lowest BCUT2D eigenvalue weighted by Gasteiger charge is -2.14. The van der Waals surface area contributed by atoms with Crippen LogP contribution in [0, 0.1) is 5.82 Å². The summed E-state index contributed by atoms with van der Waals surface area (Å²) in [6, 6.07) is 16.1. The second-order valence-corrected chi connectivity index (χ2v) is 12.3. The summed E-state index contributed by atoms with van der Waals surface area (Å²) in [7, 11) is 1.74. The summed E-state index contributed by atoms with van der Waals surface area (Å²) in [4.78, 5) is 26.0. The predicted molar refractivity (Wildman–Crippen MR) is 156 cm³/mol. The largest absolute Gasteiger partial charge is 0.481 e. The van der Waals surface area contributed by atoms with Gasteiger partial charge in [0.15, 0.2) is 0 Å². The zero-order chi connectivity index (χ0) is 28.2. The number of anilines is 1. The van der Waals surface area contributed by atoms with E-state index in [1.54, 1.807) is 17.9 Å². The Bertz CT molecular complexity index is 1740. The highest BCUT2D eigenvalue weighted by Gasteiger charge is 2.53. The van der Waals surface area contributed by atoms with Gasteiger partial charge in [0.05, 0.1) is 17.2 Å². The zero-order valence-electron chi connectivity index (χ0n) is 21.4. The Morgan fingerprint density at radius 1 is 1.10 bits per heavy atom. The van der Waals surface area contributed by atoms with Gasteiger partial charge in [-0.3, -0.25) is 14.8 Å². The van der Waals surface area contributed by atoms with E-state index in [-0.39, 0.29) is 5.02 Å². The maximum absolute atomic E-state index is 15.2. The predicted octanol–water partition coefficient (Wildman–Crippen LogP) is 8.25. The molecule has 1 saturated carbocycles. The van der Waals surface area contributed by atoms with Crippen LogP contribution in [0.4, 0.5) is 15.0 Å². The molecule has 204 valence electrons. The van der Waals surface area contributed by atoms with E-state index in [1.807, 2.05) is 49.4 Å². The molecule has 2 N–H and O–H groups in total. The van der Waals surface area contributed by atoms with Gasteiger partial charge in [-0.05, 0) is 55.2 Å². The highest BCUT2D eigenvalue weighted by Crippen LogP contribution is 2.52. The summed E-state index contributed by atoms with van der Waals surface area (Å²) in [5.41, 5.74) is 1.21. The van der Waals surface area contributed by atoms with Crippen molar-refractivity contribution in [2.45, 2.75) is 31.3 Å². The number of nitrogens with one attached hydrogen (secondary N) is 1. The molecule has 0 spiro atoms. The summed E-state index contributed by atoms with van der Waals surface area (Å²) in [5, 5.41) is 17.0. The third-order valence-electron chi connectivity index (χ3n) is 7.18. The van der Waals surface area contributed by atoms with Crippen molar-refractivity contribution in [3.8, 4) is 20.9 Å². The number of thiophene rings is 2. The Balaban J connectivity index is 1.24. The van der Waals surface area contributed by atoms with Crippen LogP contribution in [0.1, 0.15) is 37.0 Å². The summed E-state index contributed by atoms with van der Waals surface area (Å²) in [6.45, 7) is 1.81. The lowest BCUT2D eigenvalue weighted by atomic mass is 9.94. The van der Waals surface area contributed by atoms with Crippen LogP contribution in [0.5, 0.6) is 0 Å². The minimum absolute atomic E-state index is 0.258. The standard InChI is InChI=1S/C29H23ClFN3O4S2/c1-15(16-6-4-3-5-7-16)38-28(37)33-26-18(14-32-34(26)2)23-13-25-24(40-23)12-22(39-25)17-10-20(30)19(11-21(17)31)29(8-9-29)27(35)36/h3-7,10-15H,8-9H2,1-2H3,(H,33,37)(H,35,36)/t15-/m1/s1. The molecule has 7 nitrogen and oxygen atoms in total. The molecular formula is C29H23ClFN3O4S2. The fourth-order valence-corrected chi connectivity index (χ4v) is 7.54. The number of ether oxygens (including phenoxy) is 1. The number of carboxylic acids is 1. The topological polar surface area (TPSA) is 93.4 Å². The van der Waals surface area contributed by atoms with Gasteiger partial charge in [-0.15, -0.1) is 22.7 Å². The zero-order valence-corrected chi connectivity index (χ0v) is 23.8. The molecule has 3 heterocycles. The molecule has 0 aliphatic heterocycles. The first-order chi connectivity index (χ1) is 19.2. The number of carbonyl (C=O) groups is 2. The number of benzene rings is 2. The lowest BCUT2D eigenvalue weighted by Crippen LogP contribution is -2.20. The average molecular weight is 596 g/mol. The molecule has 11 heteroatoms. The first-order valence-corrected chi connectivity index (χ1v) is 14.5. The molecule has 2 aromatic carbocycles. The van der Waals surface area contributed by atoms with Gasteiger partial charge in [-0.2, -0.15) is 5.10 Å². The van der Waals surface area contributed by atoms with Crippen molar-refractivity contribution in [1.82, 2.24) is 9.78 Å². The first kappa shape index (κ1) is 26.5. The van der Waals surface area contributed by atoms with Crippen LogP contribution in [-0.4, -0.2) is 26.9 Å². The summed E-state index contributed by atoms with van der Waals surface area (Å²) in [5.74, 6) is -0.975. The molecule has 0 bridgehead atoms. The fourth-order valence-electron chi connectivity index (χ4n) is 4.77. The molecule has 5 aromatic rings. The third-order valence-corrected chi connectivity index (χ3v) is 9.85. The van der Waals surface area contributed by atoms with Crippen molar-refractivity contribution >= 4 is 61.6 Å². The summed E-state index contributed by atoms with van der Waals surface area (Å²) >= 11 is 9.36. The van der Waals surface area contributed by atoms with E-state index in [1.165, 1.54) is 34.8 Å². The molecule has 1 amide bonds. The Morgan fingerprint density at radius 2 is 1.75 bits per heavy atom. The second kappa shape index (κ2) is 10.0. The van der Waals surface area contributed by atoms with Crippen molar-refractivity contribution in [3.05, 3.63) is 82.8 Å². The number of rotatable bonds is 7. The van der Waals surface area contributed by atoms with Gasteiger partial charge in [0.2, 0.25) is 0 Å². The number of aliphatic carboxylic acids is 1. The van der Waals surface area contributed by atoms with Crippen LogP contribution in [0.2, 0.25) is 5.02 Å². The van der Waals surface area contributed by atoms with Crippen molar-refractivity contribution in [1.29, 1.82) is 0 Å². The SMILES string of the molecule is C[C@@H](OC(=O)Nc1c(-c2cc3sc(-c4cc(Cl)c(C5(C(=O)O)CC5)cc4F)cc3s2)cnn1C)c1ccccc1. The van der Waals surface area contributed by atoms with Gasteiger partial charge >= 0.3 is 12.1 Å². The van der Waals surface area contributed by atoms with E-state index in [2.05, 4.69) is 10.4 Å². The average Bonchev–Trinajstić information content (AvgIpc) is 3.34. The van der Waals surface area contributed by atoms with E-state index in [0.29, 0.717) is 34.7 Å². The molecule has 3 aromatic heterocycles. The second-order valence-electron chi connectivity index (χ2n) is 9.76. The fraction of sp³-hybridized carbons (Fsp3) is 0.207. The monoisotopic (exact) mass is 595 g/mol. The number of hydrogen-bond acceptors (Lipinski definition) is 6. The quantitative estimate of drug-likeness (QED) is 0.198. The van der Waals surface area contributed by atoms with Crippen LogP contribution in [0.3, 0.4) is 0 Å². The van der Waals surface area contributed by atoms with Crippen LogP contribution in [0.15, 0.2) is 60.8 Å². The number of carboxylic acid groups (broad SMARTS) is 1. The maximum atomic E-state index is 15.2. The maximum Gasteiger partial charge on any atom is 0.413 e. The molecule has 1 fully saturated rings. The number of nitrogens with zero attached hydrogens (tertiary/aromatic N) is 2. The van der Waals surface area contributed by atoms with Crippen molar-refractivity contribution < 1.29 is 23.8 Å². The van der Waals surface area contributed by atoms with E-state index in [4.69, 9.17) is 16.3 Å². The molecule has 40 heavy (non-hydrogen) atoms. The minimum atomic E-state index is -1.08. The van der Waals surface area contributed by atoms with Gasteiger partial charge < -0.3 is 9.84 Å². The Kier molecular flexibility index (Phi) is 6.64. The molecule has 1 atom stereocenters. The van der Waals surface area contributed by atoms with Gasteiger partial charge in [-0.25, -0.2) is 9.18 Å². The Morgan fingerprint density at radius 3 is 2.38 bits per heavy atom. The molecule has 0 saturated heterocycles. The van der Waals surface area contributed by atoms with Crippen LogP contribution < -0.4 is 5.32 Å². The smallest absolute Gasteiger partial charge is 0.413 e. The van der Waals surface area contributed by atoms with E-state index in [9.17, 15) is 14.7 Å². The van der Waals surface area contributed by atoms with Gasteiger partial charge in [0.1, 0.15) is 17.7 Å². The number of amides is 1. The number of aryl methyl sites for hydroxylation is 1. The Hall–Kier alpha value is -3.73. The van der Waals surface area contributed by atoms with Crippen LogP contribution >= 0.6 is 34.3 Å². The van der Waals surface area contributed by atoms with E-state index < -0.39 is 29.4 Å². The minimum Gasteiger partial charge on any atom is -0.481 e. The number of fused-ring (bicyclic) bond motifs is 1. The van der Waals surface area contributed by atoms with Gasteiger partial charge in [0, 0.05) is 36.8 Å². The van der Waals surface area contributed by atoms with Crippen LogP contribution in [-0.2, 0) is 22.0 Å². The number of hydrogen-bond donors (Lipinski definition) is 2. The first-order valence-electron chi connectivity index (χ1n) is 12.5. The van der Waals surface area contributed by atoms with E-state index in [0.717, 1.165) is 25.4 Å². The number of aromatic nitrogens is 2. The van der Waals surface area contributed by atoms with Gasteiger partial charge in [0.25, 0.3) is 0 Å². The van der Waals surface area contributed by atoms with E-state index >= 15 is 4.39 Å². The summed E-state index contributed by atoms with van der Waals surface area (Å²) < 4.78 is 24.2. The lowest BCUT2D eigenvalue weighted by molar-refractivity contribution is -0.140. The highest BCUT2D eigenvalue weighted by molar-refractivity contribution is 7.31. The molecule has 6 rings (SSSR count). The summed E-state index contributed by atoms with van der Waals surface area (Å²) in [6.07, 6.45) is 1.57. The molecule has 1 aliphatic rings.